The summed E-state index contributed by atoms with van der Waals surface area (Å²) < 4.78 is 0. The van der Waals surface area contributed by atoms with Crippen LogP contribution in [0.5, 0.6) is 0 Å². The van der Waals surface area contributed by atoms with Gasteiger partial charge in [-0.3, -0.25) is 4.70 Å². The molecule has 12 heavy (non-hydrogen) atoms. The van der Waals surface area contributed by atoms with Crippen molar-refractivity contribution in [1.82, 2.24) is 0 Å². The first-order chi connectivity index (χ1) is 5.25. The highest BCUT2D eigenvalue weighted by atomic mass is 28.3. The van der Waals surface area contributed by atoms with Gasteiger partial charge in [0.25, 0.3) is 0 Å². The lowest BCUT2D eigenvalue weighted by Crippen LogP contribution is -2.27. The molecule has 0 saturated carbocycles. The second-order valence-corrected chi connectivity index (χ2v) is 5.99. The molecule has 0 aliphatic carbocycles. The number of nitrogens with two attached hydrogens (primary N) is 1. The van der Waals surface area contributed by atoms with Gasteiger partial charge >= 0.3 is 0 Å². The third-order valence-corrected chi connectivity index (χ3v) is 3.70. The van der Waals surface area contributed by atoms with Crippen molar-refractivity contribution in [1.29, 1.82) is 0 Å². The highest BCUT2D eigenvalue weighted by molar-refractivity contribution is 6.71. The van der Waals surface area contributed by atoms with Crippen LogP contribution in [0.2, 0.25) is 13.1 Å². The molecule has 0 aliphatic heterocycles. The lowest BCUT2D eigenvalue weighted by molar-refractivity contribution is 1.08. The van der Waals surface area contributed by atoms with E-state index in [-0.39, 0.29) is 4.70 Å². The first-order valence-corrected chi connectivity index (χ1v) is 6.92. The minimum Gasteiger partial charge on any atom is -0.327 e. The zero-order valence-corrected chi connectivity index (χ0v) is 8.73. The van der Waals surface area contributed by atoms with E-state index in [1.807, 2.05) is 0 Å². The van der Waals surface area contributed by atoms with Crippen LogP contribution in [-0.2, 0) is 6.54 Å². The maximum atomic E-state index is 5.61. The van der Waals surface area contributed by atoms with Crippen molar-refractivity contribution in [3.8, 4) is 0 Å². The van der Waals surface area contributed by atoms with Gasteiger partial charge in [-0.1, -0.05) is 42.5 Å². The molecule has 0 saturated heterocycles. The summed E-state index contributed by atoms with van der Waals surface area (Å²) in [4.78, 5) is 0. The van der Waals surface area contributed by atoms with Gasteiger partial charge in [-0.2, -0.15) is 0 Å². The van der Waals surface area contributed by atoms with E-state index in [1.165, 1.54) is 10.8 Å². The molecule has 0 atom stereocenters. The predicted octanol–water partition coefficient (Wildman–Crippen LogP) is 0.991. The SMILES string of the molecule is C[SiH](C)c1ccccc1CN.F. The molecule has 68 valence electrons. The molecule has 1 aromatic rings. The van der Waals surface area contributed by atoms with Crippen molar-refractivity contribution in [2.75, 3.05) is 0 Å². The minimum atomic E-state index is -0.666. The normalized spacial score (nSPS) is 9.67. The summed E-state index contributed by atoms with van der Waals surface area (Å²) in [6.45, 7) is 5.34. The molecule has 0 aromatic heterocycles. The van der Waals surface area contributed by atoms with Gasteiger partial charge in [0.05, 0.1) is 8.80 Å². The fraction of sp³-hybridized carbons (Fsp3) is 0.333. The quantitative estimate of drug-likeness (QED) is 0.683. The largest absolute Gasteiger partial charge is 0.327 e. The van der Waals surface area contributed by atoms with Gasteiger partial charge in [0.15, 0.2) is 0 Å². The van der Waals surface area contributed by atoms with Gasteiger partial charge in [-0.25, -0.2) is 0 Å². The van der Waals surface area contributed by atoms with Crippen LogP contribution in [0.25, 0.3) is 0 Å². The van der Waals surface area contributed by atoms with E-state index in [1.54, 1.807) is 0 Å². The highest BCUT2D eigenvalue weighted by Gasteiger charge is 2.03. The van der Waals surface area contributed by atoms with E-state index in [0.717, 1.165) is 0 Å². The molecule has 0 amide bonds. The molecule has 0 radical (unpaired) electrons. The van der Waals surface area contributed by atoms with Gasteiger partial charge in [-0.05, 0) is 5.56 Å². The van der Waals surface area contributed by atoms with E-state index in [2.05, 4.69) is 37.4 Å². The van der Waals surface area contributed by atoms with Gasteiger partial charge < -0.3 is 5.73 Å². The third-order valence-electron chi connectivity index (χ3n) is 1.90. The Kier molecular flexibility index (Phi) is 4.77. The number of benzene rings is 1. The number of hydrogen-bond acceptors (Lipinski definition) is 1. The van der Waals surface area contributed by atoms with Crippen LogP contribution in [0.1, 0.15) is 5.56 Å². The first-order valence-electron chi connectivity index (χ1n) is 4.03. The summed E-state index contributed by atoms with van der Waals surface area (Å²) in [5, 5.41) is 1.51. The molecule has 2 N–H and O–H groups in total. The standard InChI is InChI=1S/C9H15NSi.FH/c1-11(2)9-6-4-3-5-8(9)7-10;/h3-6,11H,7,10H2,1-2H3;1H. The summed E-state index contributed by atoms with van der Waals surface area (Å²) in [6, 6.07) is 8.49. The molecule has 0 spiro atoms. The summed E-state index contributed by atoms with van der Waals surface area (Å²) in [7, 11) is -0.666. The van der Waals surface area contributed by atoms with E-state index >= 15 is 0 Å². The molecule has 1 rings (SSSR count). The minimum absolute atomic E-state index is 0. The second kappa shape index (κ2) is 5.06. The molecule has 3 heteroatoms. The van der Waals surface area contributed by atoms with Crippen LogP contribution < -0.4 is 10.9 Å². The van der Waals surface area contributed by atoms with Crippen LogP contribution in [0, 0.1) is 0 Å². The molecular formula is C9H16FNSi. The topological polar surface area (TPSA) is 26.0 Å². The average molecular weight is 185 g/mol. The second-order valence-electron chi connectivity index (χ2n) is 3.06. The van der Waals surface area contributed by atoms with Crippen molar-refractivity contribution in [3.05, 3.63) is 29.8 Å². The van der Waals surface area contributed by atoms with E-state index in [9.17, 15) is 0 Å². The zero-order valence-electron chi connectivity index (χ0n) is 7.58. The Morgan fingerprint density at radius 3 is 2.25 bits per heavy atom. The lowest BCUT2D eigenvalue weighted by atomic mass is 10.2. The Morgan fingerprint density at radius 1 is 1.25 bits per heavy atom. The number of halogens is 1. The Bertz CT molecular complexity index is 238. The van der Waals surface area contributed by atoms with Gasteiger partial charge in [-0.15, -0.1) is 0 Å². The summed E-state index contributed by atoms with van der Waals surface area (Å²) in [6.07, 6.45) is 0. The van der Waals surface area contributed by atoms with Gasteiger partial charge in [0.2, 0.25) is 0 Å². The van der Waals surface area contributed by atoms with Crippen molar-refractivity contribution in [2.45, 2.75) is 19.6 Å². The summed E-state index contributed by atoms with van der Waals surface area (Å²) >= 11 is 0. The van der Waals surface area contributed by atoms with Gasteiger partial charge in [0, 0.05) is 6.54 Å². The molecule has 0 aliphatic rings. The van der Waals surface area contributed by atoms with Crippen LogP contribution in [-0.4, -0.2) is 8.80 Å². The van der Waals surface area contributed by atoms with Crippen LogP contribution >= 0.6 is 0 Å². The monoisotopic (exact) mass is 185 g/mol. The van der Waals surface area contributed by atoms with Gasteiger partial charge in [0.1, 0.15) is 0 Å². The smallest absolute Gasteiger partial charge is 0.0651 e. The Balaban J connectivity index is 0.00000121. The maximum Gasteiger partial charge on any atom is 0.0651 e. The van der Waals surface area contributed by atoms with E-state index < -0.39 is 8.80 Å². The Morgan fingerprint density at radius 2 is 1.83 bits per heavy atom. The Labute approximate surface area is 74.6 Å². The fourth-order valence-electron chi connectivity index (χ4n) is 1.28. The zero-order chi connectivity index (χ0) is 8.27. The molecule has 0 bridgehead atoms. The van der Waals surface area contributed by atoms with Crippen LogP contribution in [0.3, 0.4) is 0 Å². The highest BCUT2D eigenvalue weighted by Crippen LogP contribution is 1.96. The lowest BCUT2D eigenvalue weighted by Gasteiger charge is -2.08. The maximum absolute atomic E-state index is 5.61. The predicted molar refractivity (Wildman–Crippen MR) is 55.3 cm³/mol. The van der Waals surface area contributed by atoms with Crippen molar-refractivity contribution in [3.63, 3.8) is 0 Å². The summed E-state index contributed by atoms with van der Waals surface area (Å²) in [5.41, 5.74) is 6.94. The molecule has 1 nitrogen and oxygen atoms in total. The molecule has 0 fully saturated rings. The van der Waals surface area contributed by atoms with Crippen molar-refractivity contribution < 1.29 is 4.70 Å². The van der Waals surface area contributed by atoms with E-state index in [0.29, 0.717) is 6.54 Å². The van der Waals surface area contributed by atoms with E-state index in [4.69, 9.17) is 5.73 Å². The van der Waals surface area contributed by atoms with Crippen molar-refractivity contribution >= 4 is 14.0 Å². The number of rotatable bonds is 2. The third kappa shape index (κ3) is 2.43. The molecule has 0 heterocycles. The Hall–Kier alpha value is -0.673. The summed E-state index contributed by atoms with van der Waals surface area (Å²) in [5.74, 6) is 0. The fourth-order valence-corrected chi connectivity index (χ4v) is 2.73. The molecule has 0 unspecified atom stereocenters. The first kappa shape index (κ1) is 11.3. The molecular weight excluding hydrogens is 169 g/mol. The van der Waals surface area contributed by atoms with Crippen LogP contribution in [0.4, 0.5) is 4.70 Å². The van der Waals surface area contributed by atoms with Crippen molar-refractivity contribution in [2.24, 2.45) is 5.73 Å². The molecule has 1 aromatic carbocycles. The average Bonchev–Trinajstić information content (AvgIpc) is 2.04. The van der Waals surface area contributed by atoms with Crippen LogP contribution in [0.15, 0.2) is 24.3 Å². The number of hydrogen-bond donors (Lipinski definition) is 1.